The van der Waals surface area contributed by atoms with Crippen LogP contribution >= 0.6 is 0 Å². The van der Waals surface area contributed by atoms with Gasteiger partial charge in [0.05, 0.1) is 13.5 Å². The Hall–Kier alpha value is -0.570. The SMILES string of the molecule is CC[C@@H]1CCCN1CCC(=O)OC. The number of esters is 1. The van der Waals surface area contributed by atoms with Crippen LogP contribution in [0.2, 0.25) is 0 Å². The van der Waals surface area contributed by atoms with Gasteiger partial charge in [-0.2, -0.15) is 0 Å². The quantitative estimate of drug-likeness (QED) is 0.620. The monoisotopic (exact) mass is 185 g/mol. The molecule has 1 atom stereocenters. The second-order valence-corrected chi connectivity index (χ2v) is 3.57. The highest BCUT2D eigenvalue weighted by atomic mass is 16.5. The van der Waals surface area contributed by atoms with Gasteiger partial charge in [-0.15, -0.1) is 0 Å². The minimum atomic E-state index is -0.0956. The number of hydrogen-bond donors (Lipinski definition) is 0. The first-order chi connectivity index (χ1) is 6.27. The van der Waals surface area contributed by atoms with Gasteiger partial charge in [0, 0.05) is 12.6 Å². The number of likely N-dealkylation sites (tertiary alicyclic amines) is 1. The Bertz CT molecular complexity index is 170. The predicted octanol–water partition coefficient (Wildman–Crippen LogP) is 1.42. The Morgan fingerprint density at radius 2 is 2.38 bits per heavy atom. The molecule has 0 saturated carbocycles. The Balaban J connectivity index is 2.23. The third kappa shape index (κ3) is 2.99. The van der Waals surface area contributed by atoms with Gasteiger partial charge in [0.25, 0.3) is 0 Å². The van der Waals surface area contributed by atoms with E-state index >= 15 is 0 Å². The normalized spacial score (nSPS) is 23.4. The zero-order valence-corrected chi connectivity index (χ0v) is 8.58. The summed E-state index contributed by atoms with van der Waals surface area (Å²) in [4.78, 5) is 13.3. The molecule has 76 valence electrons. The molecule has 1 saturated heterocycles. The zero-order valence-electron chi connectivity index (χ0n) is 8.58. The second kappa shape index (κ2) is 5.22. The lowest BCUT2D eigenvalue weighted by molar-refractivity contribution is -0.141. The molecule has 1 aliphatic heterocycles. The summed E-state index contributed by atoms with van der Waals surface area (Å²) >= 11 is 0. The third-order valence-corrected chi connectivity index (χ3v) is 2.80. The lowest BCUT2D eigenvalue weighted by Crippen LogP contribution is -2.31. The van der Waals surface area contributed by atoms with E-state index in [4.69, 9.17) is 0 Å². The van der Waals surface area contributed by atoms with E-state index in [1.54, 1.807) is 0 Å². The lowest BCUT2D eigenvalue weighted by Gasteiger charge is -2.22. The molecule has 0 aromatic carbocycles. The first-order valence-electron chi connectivity index (χ1n) is 5.08. The Labute approximate surface area is 80.1 Å². The first-order valence-corrected chi connectivity index (χ1v) is 5.08. The summed E-state index contributed by atoms with van der Waals surface area (Å²) in [7, 11) is 1.45. The summed E-state index contributed by atoms with van der Waals surface area (Å²) in [5.74, 6) is -0.0956. The van der Waals surface area contributed by atoms with Gasteiger partial charge in [-0.3, -0.25) is 9.69 Å². The van der Waals surface area contributed by atoms with Crippen LogP contribution in [0.4, 0.5) is 0 Å². The fraction of sp³-hybridized carbons (Fsp3) is 0.900. The number of nitrogens with zero attached hydrogens (tertiary/aromatic N) is 1. The van der Waals surface area contributed by atoms with Crippen molar-refractivity contribution in [2.75, 3.05) is 20.2 Å². The van der Waals surface area contributed by atoms with Crippen LogP contribution in [0.15, 0.2) is 0 Å². The fourth-order valence-electron chi connectivity index (χ4n) is 1.99. The van der Waals surface area contributed by atoms with Crippen LogP contribution in [-0.4, -0.2) is 37.1 Å². The van der Waals surface area contributed by atoms with Crippen LogP contribution in [0.25, 0.3) is 0 Å². The molecule has 0 bridgehead atoms. The van der Waals surface area contributed by atoms with Crippen LogP contribution in [0.5, 0.6) is 0 Å². The van der Waals surface area contributed by atoms with Crippen LogP contribution in [0, 0.1) is 0 Å². The molecule has 0 aromatic rings. The van der Waals surface area contributed by atoms with Crippen molar-refractivity contribution >= 4 is 5.97 Å². The number of carbonyl (C=O) groups is 1. The Morgan fingerprint density at radius 3 is 3.00 bits per heavy atom. The maximum atomic E-state index is 10.9. The van der Waals surface area contributed by atoms with Gasteiger partial charge in [0.15, 0.2) is 0 Å². The number of hydrogen-bond acceptors (Lipinski definition) is 3. The van der Waals surface area contributed by atoms with E-state index in [9.17, 15) is 4.79 Å². The third-order valence-electron chi connectivity index (χ3n) is 2.80. The van der Waals surface area contributed by atoms with Gasteiger partial charge in [-0.05, 0) is 25.8 Å². The molecule has 1 rings (SSSR count). The van der Waals surface area contributed by atoms with Gasteiger partial charge in [-0.25, -0.2) is 0 Å². The Kier molecular flexibility index (Phi) is 4.22. The number of ether oxygens (including phenoxy) is 1. The van der Waals surface area contributed by atoms with Crippen molar-refractivity contribution < 1.29 is 9.53 Å². The average Bonchev–Trinajstić information content (AvgIpc) is 2.61. The highest BCUT2D eigenvalue weighted by Gasteiger charge is 2.22. The van der Waals surface area contributed by atoms with Crippen LogP contribution in [0.3, 0.4) is 0 Å². The molecule has 3 nitrogen and oxygen atoms in total. The first kappa shape index (κ1) is 10.5. The molecular formula is C10H19NO2. The highest BCUT2D eigenvalue weighted by molar-refractivity contribution is 5.69. The molecule has 0 N–H and O–H groups in total. The zero-order chi connectivity index (χ0) is 9.68. The summed E-state index contributed by atoms with van der Waals surface area (Å²) in [5, 5.41) is 0. The maximum Gasteiger partial charge on any atom is 0.306 e. The molecule has 0 radical (unpaired) electrons. The molecule has 0 spiro atoms. The van der Waals surface area contributed by atoms with Crippen molar-refractivity contribution in [2.24, 2.45) is 0 Å². The lowest BCUT2D eigenvalue weighted by atomic mass is 10.2. The molecular weight excluding hydrogens is 166 g/mol. The number of carbonyl (C=O) groups excluding carboxylic acids is 1. The topological polar surface area (TPSA) is 29.5 Å². The standard InChI is InChI=1S/C10H19NO2/c1-3-9-5-4-7-11(9)8-6-10(12)13-2/h9H,3-8H2,1-2H3/t9-/m1/s1. The van der Waals surface area contributed by atoms with E-state index in [0.29, 0.717) is 12.5 Å². The van der Waals surface area contributed by atoms with Crippen molar-refractivity contribution in [1.29, 1.82) is 0 Å². The van der Waals surface area contributed by atoms with Gasteiger partial charge in [0.1, 0.15) is 0 Å². The number of rotatable bonds is 4. The van der Waals surface area contributed by atoms with E-state index in [0.717, 1.165) is 13.1 Å². The average molecular weight is 185 g/mol. The molecule has 0 aliphatic carbocycles. The summed E-state index contributed by atoms with van der Waals surface area (Å²) < 4.78 is 4.61. The van der Waals surface area contributed by atoms with Crippen LogP contribution in [0.1, 0.15) is 32.6 Å². The predicted molar refractivity (Wildman–Crippen MR) is 51.5 cm³/mol. The molecule has 1 fully saturated rings. The molecule has 1 heterocycles. The smallest absolute Gasteiger partial charge is 0.306 e. The fourth-order valence-corrected chi connectivity index (χ4v) is 1.99. The molecule has 0 unspecified atom stereocenters. The van der Waals surface area contributed by atoms with Crippen molar-refractivity contribution in [1.82, 2.24) is 4.90 Å². The molecule has 13 heavy (non-hydrogen) atoms. The molecule has 0 amide bonds. The Morgan fingerprint density at radius 1 is 1.62 bits per heavy atom. The van der Waals surface area contributed by atoms with Crippen molar-refractivity contribution in [3.8, 4) is 0 Å². The van der Waals surface area contributed by atoms with Gasteiger partial charge in [-0.1, -0.05) is 6.92 Å². The van der Waals surface area contributed by atoms with E-state index < -0.39 is 0 Å². The minimum Gasteiger partial charge on any atom is -0.469 e. The summed E-state index contributed by atoms with van der Waals surface area (Å²) in [5.41, 5.74) is 0. The summed E-state index contributed by atoms with van der Waals surface area (Å²) in [6.07, 6.45) is 4.30. The van der Waals surface area contributed by atoms with Crippen molar-refractivity contribution in [3.63, 3.8) is 0 Å². The van der Waals surface area contributed by atoms with E-state index in [-0.39, 0.29) is 5.97 Å². The molecule has 3 heteroatoms. The van der Waals surface area contributed by atoms with Gasteiger partial charge >= 0.3 is 5.97 Å². The van der Waals surface area contributed by atoms with Crippen molar-refractivity contribution in [2.45, 2.75) is 38.6 Å². The largest absolute Gasteiger partial charge is 0.469 e. The highest BCUT2D eigenvalue weighted by Crippen LogP contribution is 2.19. The van der Waals surface area contributed by atoms with E-state index in [2.05, 4.69) is 16.6 Å². The minimum absolute atomic E-state index is 0.0956. The van der Waals surface area contributed by atoms with Crippen LogP contribution < -0.4 is 0 Å². The van der Waals surface area contributed by atoms with Gasteiger partial charge < -0.3 is 4.74 Å². The van der Waals surface area contributed by atoms with E-state index in [1.165, 1.54) is 26.4 Å². The van der Waals surface area contributed by atoms with E-state index in [1.807, 2.05) is 0 Å². The molecule has 0 aromatic heterocycles. The second-order valence-electron chi connectivity index (χ2n) is 3.57. The summed E-state index contributed by atoms with van der Waals surface area (Å²) in [6, 6.07) is 0.699. The maximum absolute atomic E-state index is 10.9. The molecule has 1 aliphatic rings. The number of methoxy groups -OCH3 is 1. The van der Waals surface area contributed by atoms with Crippen molar-refractivity contribution in [3.05, 3.63) is 0 Å². The van der Waals surface area contributed by atoms with Gasteiger partial charge in [0.2, 0.25) is 0 Å². The summed E-state index contributed by atoms with van der Waals surface area (Å²) in [6.45, 7) is 4.22. The van der Waals surface area contributed by atoms with Crippen LogP contribution in [-0.2, 0) is 9.53 Å².